The van der Waals surface area contributed by atoms with Crippen LogP contribution in [0.4, 0.5) is 13.2 Å². The molecule has 0 bridgehead atoms. The zero-order valence-corrected chi connectivity index (χ0v) is 10.1. The predicted octanol–water partition coefficient (Wildman–Crippen LogP) is 1.79. The zero-order valence-electron chi connectivity index (χ0n) is 8.50. The molecule has 0 aliphatic rings. The Bertz CT molecular complexity index is 655. The van der Waals surface area contributed by atoms with Crippen LogP contribution in [0.5, 0.6) is 5.75 Å². The SMILES string of the molecule is COc1c(F)c(F)c(Cl)c(S(=O)(=O)N=C=O)c1F. The van der Waals surface area contributed by atoms with Crippen LogP contribution in [-0.4, -0.2) is 21.6 Å². The molecule has 1 rings (SSSR count). The fraction of sp³-hybridized carbons (Fsp3) is 0.125. The number of rotatable bonds is 3. The van der Waals surface area contributed by atoms with Gasteiger partial charge in [0.15, 0.2) is 22.3 Å². The van der Waals surface area contributed by atoms with Gasteiger partial charge in [0.2, 0.25) is 5.82 Å². The molecule has 0 radical (unpaired) electrons. The fourth-order valence-corrected chi connectivity index (χ4v) is 2.37. The molecular formula is C8H3ClF3NO4S. The number of nitrogens with zero attached hydrogens (tertiary/aromatic N) is 1. The van der Waals surface area contributed by atoms with Crippen LogP contribution < -0.4 is 4.74 Å². The lowest BCUT2D eigenvalue weighted by atomic mass is 10.3. The summed E-state index contributed by atoms with van der Waals surface area (Å²) in [6, 6.07) is 0. The van der Waals surface area contributed by atoms with Crippen molar-refractivity contribution in [2.24, 2.45) is 4.40 Å². The van der Waals surface area contributed by atoms with Gasteiger partial charge in [-0.2, -0.15) is 12.8 Å². The van der Waals surface area contributed by atoms with Crippen LogP contribution in [0.15, 0.2) is 9.29 Å². The minimum absolute atomic E-state index is 0.637. The average molecular weight is 302 g/mol. The molecule has 5 nitrogen and oxygen atoms in total. The summed E-state index contributed by atoms with van der Waals surface area (Å²) in [6.07, 6.45) is 0.637. The number of isocyanates is 1. The molecule has 1 aromatic carbocycles. The van der Waals surface area contributed by atoms with E-state index in [0.29, 0.717) is 6.08 Å². The van der Waals surface area contributed by atoms with E-state index in [1.165, 1.54) is 0 Å². The van der Waals surface area contributed by atoms with Crippen molar-refractivity contribution in [1.82, 2.24) is 0 Å². The minimum atomic E-state index is -4.94. The Labute approximate surface area is 104 Å². The average Bonchev–Trinajstić information content (AvgIpc) is 2.26. The summed E-state index contributed by atoms with van der Waals surface area (Å²) >= 11 is 5.17. The molecule has 0 saturated carbocycles. The minimum Gasteiger partial charge on any atom is -0.491 e. The molecule has 0 aromatic heterocycles. The topological polar surface area (TPSA) is 72.8 Å². The Balaban J connectivity index is 3.87. The van der Waals surface area contributed by atoms with Crippen molar-refractivity contribution in [2.45, 2.75) is 4.90 Å². The van der Waals surface area contributed by atoms with Gasteiger partial charge in [0.25, 0.3) is 16.1 Å². The highest BCUT2D eigenvalue weighted by molar-refractivity contribution is 7.90. The molecule has 0 N–H and O–H groups in total. The second-order valence-corrected chi connectivity index (χ2v) is 4.69. The summed E-state index contributed by atoms with van der Waals surface area (Å²) in [5, 5.41) is -1.37. The molecule has 0 aliphatic carbocycles. The maximum atomic E-state index is 13.6. The van der Waals surface area contributed by atoms with E-state index in [9.17, 15) is 26.4 Å². The first kappa shape index (κ1) is 14.5. The quantitative estimate of drug-likeness (QED) is 0.369. The van der Waals surface area contributed by atoms with Crippen LogP contribution in [0.25, 0.3) is 0 Å². The van der Waals surface area contributed by atoms with Gasteiger partial charge in [-0.3, -0.25) is 0 Å². The highest BCUT2D eigenvalue weighted by Crippen LogP contribution is 2.36. The first-order valence-corrected chi connectivity index (χ1v) is 5.83. The van der Waals surface area contributed by atoms with E-state index < -0.39 is 43.1 Å². The summed E-state index contributed by atoms with van der Waals surface area (Å²) < 4.78 is 69.1. The molecule has 0 atom stereocenters. The van der Waals surface area contributed by atoms with Crippen molar-refractivity contribution in [3.63, 3.8) is 0 Å². The maximum Gasteiger partial charge on any atom is 0.297 e. The Morgan fingerprint density at radius 3 is 2.22 bits per heavy atom. The largest absolute Gasteiger partial charge is 0.491 e. The molecule has 10 heteroatoms. The third-order valence-electron chi connectivity index (χ3n) is 1.80. The van der Waals surface area contributed by atoms with Crippen molar-refractivity contribution >= 4 is 27.7 Å². The van der Waals surface area contributed by atoms with Gasteiger partial charge in [0.05, 0.1) is 7.11 Å². The van der Waals surface area contributed by atoms with E-state index in [2.05, 4.69) is 9.13 Å². The molecule has 98 valence electrons. The molecule has 0 heterocycles. The third-order valence-corrected chi connectivity index (χ3v) is 3.48. The lowest BCUT2D eigenvalue weighted by Gasteiger charge is -2.09. The number of hydrogen-bond donors (Lipinski definition) is 0. The third kappa shape index (κ3) is 2.20. The lowest BCUT2D eigenvalue weighted by Crippen LogP contribution is -2.07. The number of methoxy groups -OCH3 is 1. The van der Waals surface area contributed by atoms with E-state index in [4.69, 9.17) is 11.6 Å². The van der Waals surface area contributed by atoms with Crippen molar-refractivity contribution in [1.29, 1.82) is 0 Å². The Kier molecular flexibility index (Phi) is 4.00. The lowest BCUT2D eigenvalue weighted by molar-refractivity contribution is 0.340. The molecule has 18 heavy (non-hydrogen) atoms. The van der Waals surface area contributed by atoms with Gasteiger partial charge in [-0.1, -0.05) is 16.0 Å². The molecule has 0 fully saturated rings. The van der Waals surface area contributed by atoms with Crippen LogP contribution in [-0.2, 0) is 14.8 Å². The van der Waals surface area contributed by atoms with E-state index >= 15 is 0 Å². The molecule has 0 saturated heterocycles. The number of sulfonamides is 1. The standard InChI is InChI=1S/C8H3ClF3NO4S/c1-17-7-5(11)4(10)3(9)8(6(7)12)18(15,16)13-2-14/h1H3. The Morgan fingerprint density at radius 1 is 1.22 bits per heavy atom. The monoisotopic (exact) mass is 301 g/mol. The predicted molar refractivity (Wildman–Crippen MR) is 53.2 cm³/mol. The van der Waals surface area contributed by atoms with E-state index in [0.717, 1.165) is 7.11 Å². The number of hydrogen-bond acceptors (Lipinski definition) is 4. The van der Waals surface area contributed by atoms with Crippen LogP contribution in [0.3, 0.4) is 0 Å². The second-order valence-electron chi connectivity index (χ2n) is 2.78. The summed E-state index contributed by atoms with van der Waals surface area (Å²) in [5.74, 6) is -6.72. The Morgan fingerprint density at radius 2 is 1.78 bits per heavy atom. The Hall–Kier alpha value is -1.57. The number of benzene rings is 1. The summed E-state index contributed by atoms with van der Waals surface area (Å²) in [7, 11) is -4.15. The van der Waals surface area contributed by atoms with Crippen molar-refractivity contribution < 1.29 is 31.1 Å². The number of halogens is 4. The molecule has 0 unspecified atom stereocenters. The van der Waals surface area contributed by atoms with Crippen molar-refractivity contribution in [3.8, 4) is 5.75 Å². The first-order chi connectivity index (χ1) is 8.27. The van der Waals surface area contributed by atoms with Gasteiger partial charge < -0.3 is 4.74 Å². The second kappa shape index (κ2) is 4.97. The van der Waals surface area contributed by atoms with Crippen LogP contribution in [0.1, 0.15) is 0 Å². The molecule has 0 aliphatic heterocycles. The fourth-order valence-electron chi connectivity index (χ4n) is 1.09. The summed E-state index contributed by atoms with van der Waals surface area (Å²) in [6.45, 7) is 0. The number of carbonyl (C=O) groups excluding carboxylic acids is 1. The van der Waals surface area contributed by atoms with Crippen LogP contribution in [0.2, 0.25) is 5.02 Å². The maximum absolute atomic E-state index is 13.6. The molecule has 0 spiro atoms. The van der Waals surface area contributed by atoms with E-state index in [1.807, 2.05) is 0 Å². The molecule has 1 aromatic rings. The van der Waals surface area contributed by atoms with Crippen LogP contribution in [0, 0.1) is 17.5 Å². The van der Waals surface area contributed by atoms with Gasteiger partial charge in [0.1, 0.15) is 5.02 Å². The van der Waals surface area contributed by atoms with Gasteiger partial charge in [-0.15, -0.1) is 0 Å². The highest BCUT2D eigenvalue weighted by Gasteiger charge is 2.32. The van der Waals surface area contributed by atoms with Gasteiger partial charge in [-0.05, 0) is 0 Å². The normalized spacial score (nSPS) is 10.9. The smallest absolute Gasteiger partial charge is 0.297 e. The summed E-state index contributed by atoms with van der Waals surface area (Å²) in [5.41, 5.74) is 0. The molecule has 0 amide bonds. The van der Waals surface area contributed by atoms with Crippen molar-refractivity contribution in [3.05, 3.63) is 22.5 Å². The van der Waals surface area contributed by atoms with Gasteiger partial charge in [-0.25, -0.2) is 13.6 Å². The van der Waals surface area contributed by atoms with Crippen molar-refractivity contribution in [2.75, 3.05) is 7.11 Å². The van der Waals surface area contributed by atoms with E-state index in [-0.39, 0.29) is 0 Å². The molecular weight excluding hydrogens is 299 g/mol. The number of ether oxygens (including phenoxy) is 1. The first-order valence-electron chi connectivity index (χ1n) is 4.02. The van der Waals surface area contributed by atoms with Crippen LogP contribution >= 0.6 is 11.6 Å². The zero-order chi connectivity index (χ0) is 14.1. The van der Waals surface area contributed by atoms with E-state index in [1.54, 1.807) is 0 Å². The summed E-state index contributed by atoms with van der Waals surface area (Å²) in [4.78, 5) is 8.39. The highest BCUT2D eigenvalue weighted by atomic mass is 35.5. The van der Waals surface area contributed by atoms with Gasteiger partial charge in [0, 0.05) is 0 Å². The van der Waals surface area contributed by atoms with Gasteiger partial charge >= 0.3 is 0 Å².